The summed E-state index contributed by atoms with van der Waals surface area (Å²) in [6.45, 7) is 2.10. The lowest BCUT2D eigenvalue weighted by Crippen LogP contribution is -1.98. The van der Waals surface area contributed by atoms with Gasteiger partial charge >= 0.3 is 0 Å². The number of nitrogens with zero attached hydrogens (tertiary/aromatic N) is 7. The van der Waals surface area contributed by atoms with Gasteiger partial charge in [-0.15, -0.1) is 10.2 Å². The Bertz CT molecular complexity index is 1260. The highest BCUT2D eigenvalue weighted by Crippen LogP contribution is 2.24. The van der Waals surface area contributed by atoms with Gasteiger partial charge in [0, 0.05) is 42.4 Å². The molecule has 8 heteroatoms. The van der Waals surface area contributed by atoms with Crippen LogP contribution in [0.1, 0.15) is 23.3 Å². The fourth-order valence-corrected chi connectivity index (χ4v) is 3.94. The van der Waals surface area contributed by atoms with E-state index in [1.807, 2.05) is 30.2 Å². The van der Waals surface area contributed by atoms with Gasteiger partial charge in [-0.2, -0.15) is 14.7 Å². The number of benzene rings is 1. The Morgan fingerprint density at radius 3 is 2.81 bits per heavy atom. The molecule has 0 N–H and O–H groups in total. The summed E-state index contributed by atoms with van der Waals surface area (Å²) in [6.07, 6.45) is 7.33. The predicted molar refractivity (Wildman–Crippen MR) is 105 cm³/mol. The Hall–Kier alpha value is -3.13. The molecule has 0 unspecified atom stereocenters. The molecule has 1 aromatic carbocycles. The Balaban J connectivity index is 1.51. The summed E-state index contributed by atoms with van der Waals surface area (Å²) in [5.74, 6) is 0.858. The lowest BCUT2D eigenvalue weighted by Gasteiger charge is -2.04. The van der Waals surface area contributed by atoms with Crippen LogP contribution >= 0.6 is 11.3 Å². The highest BCUT2D eigenvalue weighted by molar-refractivity contribution is 7.16. The molecular weight excluding hydrogens is 358 g/mol. The molecule has 0 atom stereocenters. The van der Waals surface area contributed by atoms with Crippen molar-refractivity contribution in [3.8, 4) is 11.1 Å². The first-order valence-electron chi connectivity index (χ1n) is 8.77. The number of rotatable bonds is 4. The van der Waals surface area contributed by atoms with Gasteiger partial charge in [0.05, 0.1) is 11.7 Å². The van der Waals surface area contributed by atoms with Gasteiger partial charge in [-0.3, -0.25) is 9.67 Å². The van der Waals surface area contributed by atoms with E-state index in [1.54, 1.807) is 16.0 Å². The zero-order valence-electron chi connectivity index (χ0n) is 15.0. The molecule has 0 fully saturated rings. The Labute approximate surface area is 159 Å². The normalized spacial score (nSPS) is 11.6. The van der Waals surface area contributed by atoms with Gasteiger partial charge in [-0.1, -0.05) is 24.3 Å². The number of pyridine rings is 1. The summed E-state index contributed by atoms with van der Waals surface area (Å²) in [5.41, 5.74) is 4.25. The summed E-state index contributed by atoms with van der Waals surface area (Å²) in [5, 5.41) is 19.6. The SMILES string of the molecule is CCc1nn2c(Cc3ccc4ncc(-c5cnn(C)c5)cc4c3)nnc2s1. The first kappa shape index (κ1) is 16.1. The van der Waals surface area contributed by atoms with Crippen LogP contribution < -0.4 is 0 Å². The first-order valence-corrected chi connectivity index (χ1v) is 9.59. The van der Waals surface area contributed by atoms with E-state index in [2.05, 4.69) is 56.6 Å². The Morgan fingerprint density at radius 1 is 1.07 bits per heavy atom. The van der Waals surface area contributed by atoms with Crippen LogP contribution in [0.2, 0.25) is 0 Å². The third-order valence-corrected chi connectivity index (χ3v) is 5.59. The second kappa shape index (κ2) is 6.24. The third-order valence-electron chi connectivity index (χ3n) is 4.55. The van der Waals surface area contributed by atoms with Crippen molar-refractivity contribution in [3.63, 3.8) is 0 Å². The highest BCUT2D eigenvalue weighted by atomic mass is 32.1. The summed E-state index contributed by atoms with van der Waals surface area (Å²) in [7, 11) is 1.91. The molecule has 0 saturated carbocycles. The van der Waals surface area contributed by atoms with Crippen LogP contribution in [0.3, 0.4) is 0 Å². The molecule has 4 aromatic heterocycles. The second-order valence-electron chi connectivity index (χ2n) is 6.49. The monoisotopic (exact) mass is 375 g/mol. The van der Waals surface area contributed by atoms with Crippen molar-refractivity contribution >= 4 is 27.2 Å². The predicted octanol–water partition coefficient (Wildman–Crippen LogP) is 3.29. The lowest BCUT2D eigenvalue weighted by molar-refractivity contribution is 0.768. The number of fused-ring (bicyclic) bond motifs is 2. The molecule has 27 heavy (non-hydrogen) atoms. The molecule has 7 nitrogen and oxygen atoms in total. The van der Waals surface area contributed by atoms with Crippen LogP contribution in [-0.4, -0.2) is 34.6 Å². The zero-order valence-corrected chi connectivity index (χ0v) is 15.8. The third kappa shape index (κ3) is 2.87. The number of aromatic nitrogens is 7. The standard InChI is InChI=1S/C19H17N7S/c1-3-18-24-26-17(22-23-19(26)27-18)7-12-4-5-16-13(6-12)8-14(9-20-16)15-10-21-25(2)11-15/h4-6,8-11H,3,7H2,1-2H3. The largest absolute Gasteiger partial charge is 0.275 e. The zero-order chi connectivity index (χ0) is 18.4. The van der Waals surface area contributed by atoms with Crippen LogP contribution in [0.15, 0.2) is 42.9 Å². The number of hydrogen-bond donors (Lipinski definition) is 0. The van der Waals surface area contributed by atoms with Gasteiger partial charge in [-0.25, -0.2) is 0 Å². The quantitative estimate of drug-likeness (QED) is 0.482. The van der Waals surface area contributed by atoms with Crippen LogP contribution in [0.4, 0.5) is 0 Å². The summed E-state index contributed by atoms with van der Waals surface area (Å²) in [4.78, 5) is 5.44. The summed E-state index contributed by atoms with van der Waals surface area (Å²) < 4.78 is 3.66. The molecule has 0 aliphatic carbocycles. The van der Waals surface area contributed by atoms with Gasteiger partial charge in [0.15, 0.2) is 5.82 Å². The van der Waals surface area contributed by atoms with E-state index in [1.165, 1.54) is 0 Å². The van der Waals surface area contributed by atoms with Crippen LogP contribution in [0.25, 0.3) is 27.0 Å². The second-order valence-corrected chi connectivity index (χ2v) is 7.53. The molecule has 0 aliphatic heterocycles. The molecule has 0 saturated heterocycles. The smallest absolute Gasteiger partial charge is 0.234 e. The maximum Gasteiger partial charge on any atom is 0.234 e. The minimum absolute atomic E-state index is 0.682. The van der Waals surface area contributed by atoms with Crippen molar-refractivity contribution < 1.29 is 0 Å². The maximum atomic E-state index is 4.59. The van der Waals surface area contributed by atoms with Gasteiger partial charge < -0.3 is 0 Å². The van der Waals surface area contributed by atoms with Crippen molar-refractivity contribution in [3.05, 3.63) is 59.3 Å². The molecule has 134 valence electrons. The number of aryl methyl sites for hydroxylation is 2. The van der Waals surface area contributed by atoms with Crippen LogP contribution in [-0.2, 0) is 19.9 Å². The molecule has 5 aromatic rings. The van der Waals surface area contributed by atoms with E-state index in [4.69, 9.17) is 0 Å². The molecule has 0 spiro atoms. The van der Waals surface area contributed by atoms with Crippen molar-refractivity contribution in [2.75, 3.05) is 0 Å². The highest BCUT2D eigenvalue weighted by Gasteiger charge is 2.12. The van der Waals surface area contributed by atoms with Gasteiger partial charge in [0.1, 0.15) is 5.01 Å². The molecular formula is C19H17N7S. The average molecular weight is 375 g/mol. The Morgan fingerprint density at radius 2 is 2.00 bits per heavy atom. The van der Waals surface area contributed by atoms with E-state index in [0.717, 1.165) is 49.8 Å². The van der Waals surface area contributed by atoms with Gasteiger partial charge in [-0.05, 0) is 30.2 Å². The molecule has 5 rings (SSSR count). The first-order chi connectivity index (χ1) is 13.2. The van der Waals surface area contributed by atoms with Gasteiger partial charge in [0.2, 0.25) is 4.96 Å². The maximum absolute atomic E-state index is 4.59. The van der Waals surface area contributed by atoms with E-state index in [9.17, 15) is 0 Å². The van der Waals surface area contributed by atoms with E-state index in [0.29, 0.717) is 6.42 Å². The molecule has 0 bridgehead atoms. The fraction of sp³-hybridized carbons (Fsp3) is 0.211. The minimum atomic E-state index is 0.682. The van der Waals surface area contributed by atoms with E-state index >= 15 is 0 Å². The molecule has 0 amide bonds. The molecule has 0 aliphatic rings. The topological polar surface area (TPSA) is 73.8 Å². The van der Waals surface area contributed by atoms with Crippen molar-refractivity contribution in [1.29, 1.82) is 0 Å². The minimum Gasteiger partial charge on any atom is -0.275 e. The van der Waals surface area contributed by atoms with Crippen LogP contribution in [0.5, 0.6) is 0 Å². The van der Waals surface area contributed by atoms with Gasteiger partial charge in [0.25, 0.3) is 0 Å². The van der Waals surface area contributed by atoms with E-state index < -0.39 is 0 Å². The van der Waals surface area contributed by atoms with Crippen LogP contribution in [0, 0.1) is 0 Å². The average Bonchev–Trinajstić information content (AvgIpc) is 3.38. The van der Waals surface area contributed by atoms with Crippen molar-refractivity contribution in [1.82, 2.24) is 34.6 Å². The van der Waals surface area contributed by atoms with E-state index in [-0.39, 0.29) is 0 Å². The molecule has 0 radical (unpaired) electrons. The van der Waals surface area contributed by atoms with Crippen molar-refractivity contribution in [2.45, 2.75) is 19.8 Å². The Kier molecular flexibility index (Phi) is 3.71. The number of hydrogen-bond acceptors (Lipinski definition) is 6. The molecule has 4 heterocycles. The summed E-state index contributed by atoms with van der Waals surface area (Å²) >= 11 is 1.59. The van der Waals surface area contributed by atoms with Crippen molar-refractivity contribution in [2.24, 2.45) is 7.05 Å². The summed E-state index contributed by atoms with van der Waals surface area (Å²) in [6, 6.07) is 8.46. The lowest BCUT2D eigenvalue weighted by atomic mass is 10.0. The fourth-order valence-electron chi connectivity index (χ4n) is 3.15.